The van der Waals surface area contributed by atoms with Gasteiger partial charge in [-0.2, -0.15) is 4.98 Å². The molecule has 2 aromatic heterocycles. The Bertz CT molecular complexity index is 1240. The van der Waals surface area contributed by atoms with E-state index in [2.05, 4.69) is 9.98 Å². The van der Waals surface area contributed by atoms with E-state index in [1.807, 2.05) is 0 Å². The number of carbonyl (C=O) groups is 2. The summed E-state index contributed by atoms with van der Waals surface area (Å²) in [6.07, 6.45) is 4.82. The summed E-state index contributed by atoms with van der Waals surface area (Å²) < 4.78 is 1.18. The lowest BCUT2D eigenvalue weighted by Gasteiger charge is -2.04. The summed E-state index contributed by atoms with van der Waals surface area (Å²) in [6.45, 7) is 3.11. The molecule has 7 nitrogen and oxygen atoms in total. The average molecular weight is 393 g/mol. The molecule has 2 N–H and O–H groups in total. The third-order valence-electron chi connectivity index (χ3n) is 4.40. The van der Waals surface area contributed by atoms with Gasteiger partial charge in [-0.15, -0.1) is 0 Å². The monoisotopic (exact) mass is 393 g/mol. The molecule has 0 fully saturated rings. The van der Waals surface area contributed by atoms with E-state index in [0.717, 1.165) is 11.3 Å². The van der Waals surface area contributed by atoms with E-state index < -0.39 is 0 Å². The van der Waals surface area contributed by atoms with Gasteiger partial charge in [0.2, 0.25) is 28.6 Å². The molecule has 0 amide bonds. The lowest BCUT2D eigenvalue weighted by atomic mass is 10.0. The zero-order chi connectivity index (χ0) is 20.0. The third-order valence-corrected chi connectivity index (χ3v) is 5.35. The number of rotatable bonds is 2. The number of thiazole rings is 1. The highest BCUT2D eigenvalue weighted by Crippen LogP contribution is 2.47. The molecule has 0 saturated carbocycles. The second-order valence-electron chi connectivity index (χ2n) is 6.25. The van der Waals surface area contributed by atoms with Crippen LogP contribution in [0.1, 0.15) is 18.6 Å². The van der Waals surface area contributed by atoms with Crippen molar-refractivity contribution in [2.45, 2.75) is 13.8 Å². The molecule has 4 rings (SSSR count). The summed E-state index contributed by atoms with van der Waals surface area (Å²) in [5, 5.41) is 21.8. The summed E-state index contributed by atoms with van der Waals surface area (Å²) in [4.78, 5) is 32.6. The lowest BCUT2D eigenvalue weighted by molar-refractivity contribution is -0.108. The molecule has 2 heterocycles. The Morgan fingerprint density at radius 1 is 1.25 bits per heavy atom. The number of para-hydroxylation sites is 1. The Balaban J connectivity index is 1.90. The number of hydrogen-bond acceptors (Lipinski definition) is 7. The zero-order valence-electron chi connectivity index (χ0n) is 15.0. The van der Waals surface area contributed by atoms with Crippen molar-refractivity contribution in [3.8, 4) is 22.2 Å². The standard InChI is InChI=1S/C20H15N3O4S/c1-10-6-5-9-14(25)16(10)21-20-22-18(26)17(28-20)15-12-7-3-4-8-13(12)23(11(2)24)19(15)27/h3-9,26-27H,1-2H3/b21-16-. The molecule has 28 heavy (non-hydrogen) atoms. The van der Waals surface area contributed by atoms with Gasteiger partial charge in [-0.25, -0.2) is 4.99 Å². The Morgan fingerprint density at radius 2 is 2.00 bits per heavy atom. The predicted molar refractivity (Wildman–Crippen MR) is 108 cm³/mol. The SMILES string of the molecule is CC(=O)n1c(O)c(-c2sc(/N=C3\C(=O)C=CC=C3C)nc2O)c2ccccc21. The van der Waals surface area contributed by atoms with Gasteiger partial charge in [0, 0.05) is 12.3 Å². The molecule has 0 unspecified atom stereocenters. The number of hydrogen-bond donors (Lipinski definition) is 2. The Labute approximate surface area is 163 Å². The fourth-order valence-corrected chi connectivity index (χ4v) is 4.04. The van der Waals surface area contributed by atoms with Crippen molar-refractivity contribution >= 4 is 44.8 Å². The van der Waals surface area contributed by atoms with Gasteiger partial charge in [0.05, 0.1) is 11.1 Å². The number of aromatic hydroxyl groups is 2. The van der Waals surface area contributed by atoms with Crippen LogP contribution in [0.4, 0.5) is 5.13 Å². The van der Waals surface area contributed by atoms with Gasteiger partial charge >= 0.3 is 0 Å². The quantitative estimate of drug-likeness (QED) is 0.641. The highest BCUT2D eigenvalue weighted by Gasteiger charge is 2.25. The summed E-state index contributed by atoms with van der Waals surface area (Å²) in [5.74, 6) is -1.21. The minimum atomic E-state index is -0.357. The van der Waals surface area contributed by atoms with Gasteiger partial charge in [-0.05, 0) is 24.6 Å². The topological polar surface area (TPSA) is 105 Å². The molecule has 3 aromatic rings. The first kappa shape index (κ1) is 17.9. The van der Waals surface area contributed by atoms with Crippen LogP contribution >= 0.6 is 11.3 Å². The number of aromatic nitrogens is 2. The van der Waals surface area contributed by atoms with E-state index in [1.165, 1.54) is 17.6 Å². The molecule has 1 aliphatic rings. The fourth-order valence-electron chi connectivity index (χ4n) is 3.15. The summed E-state index contributed by atoms with van der Waals surface area (Å²) in [7, 11) is 0. The molecule has 0 atom stereocenters. The lowest BCUT2D eigenvalue weighted by Crippen LogP contribution is -2.14. The first-order chi connectivity index (χ1) is 13.4. The molecule has 140 valence electrons. The third kappa shape index (κ3) is 2.74. The number of allylic oxidation sites excluding steroid dienone is 4. The molecule has 0 aliphatic heterocycles. The van der Waals surface area contributed by atoms with Crippen LogP contribution in [0.25, 0.3) is 21.3 Å². The van der Waals surface area contributed by atoms with Gasteiger partial charge in [0.15, 0.2) is 0 Å². The highest BCUT2D eigenvalue weighted by atomic mass is 32.1. The van der Waals surface area contributed by atoms with E-state index in [1.54, 1.807) is 43.3 Å². The number of ketones is 1. The maximum atomic E-state index is 12.1. The Hall–Kier alpha value is -3.52. The predicted octanol–water partition coefficient (Wildman–Crippen LogP) is 3.99. The van der Waals surface area contributed by atoms with Crippen molar-refractivity contribution in [2.24, 2.45) is 4.99 Å². The Morgan fingerprint density at radius 3 is 2.71 bits per heavy atom. The van der Waals surface area contributed by atoms with Crippen molar-refractivity contribution in [3.63, 3.8) is 0 Å². The highest BCUT2D eigenvalue weighted by molar-refractivity contribution is 7.19. The van der Waals surface area contributed by atoms with Crippen LogP contribution in [0.15, 0.2) is 53.1 Å². The van der Waals surface area contributed by atoms with E-state index >= 15 is 0 Å². The van der Waals surface area contributed by atoms with E-state index in [4.69, 9.17) is 0 Å². The summed E-state index contributed by atoms with van der Waals surface area (Å²) in [6, 6.07) is 6.99. The first-order valence-electron chi connectivity index (χ1n) is 8.40. The number of fused-ring (bicyclic) bond motifs is 1. The van der Waals surface area contributed by atoms with E-state index in [-0.39, 0.29) is 39.2 Å². The molecule has 0 saturated heterocycles. The fraction of sp³-hybridized carbons (Fsp3) is 0.100. The Kier molecular flexibility index (Phi) is 4.20. The molecule has 8 heteroatoms. The van der Waals surface area contributed by atoms with Crippen molar-refractivity contribution in [2.75, 3.05) is 0 Å². The molecule has 1 aliphatic carbocycles. The van der Waals surface area contributed by atoms with Crippen LogP contribution < -0.4 is 0 Å². The van der Waals surface area contributed by atoms with Crippen LogP contribution in [0.5, 0.6) is 11.8 Å². The second kappa shape index (κ2) is 6.58. The second-order valence-corrected chi connectivity index (χ2v) is 7.23. The van der Waals surface area contributed by atoms with Crippen LogP contribution in [0.3, 0.4) is 0 Å². The molecular formula is C20H15N3O4S. The van der Waals surface area contributed by atoms with Crippen LogP contribution in [0.2, 0.25) is 0 Å². The summed E-state index contributed by atoms with van der Waals surface area (Å²) in [5.41, 5.74) is 1.77. The van der Waals surface area contributed by atoms with E-state index in [0.29, 0.717) is 22.0 Å². The van der Waals surface area contributed by atoms with Crippen molar-refractivity contribution in [1.29, 1.82) is 0 Å². The molecule has 0 spiro atoms. The minimum Gasteiger partial charge on any atom is -0.494 e. The molecule has 0 radical (unpaired) electrons. The van der Waals surface area contributed by atoms with Crippen molar-refractivity contribution in [3.05, 3.63) is 48.1 Å². The van der Waals surface area contributed by atoms with Crippen LogP contribution in [-0.4, -0.2) is 37.2 Å². The number of aliphatic imine (C=N–C) groups is 1. The average Bonchev–Trinajstić information content (AvgIpc) is 3.14. The van der Waals surface area contributed by atoms with Gasteiger partial charge < -0.3 is 10.2 Å². The van der Waals surface area contributed by atoms with E-state index in [9.17, 15) is 19.8 Å². The van der Waals surface area contributed by atoms with Crippen molar-refractivity contribution < 1.29 is 19.8 Å². The van der Waals surface area contributed by atoms with Gasteiger partial charge in [0.25, 0.3) is 0 Å². The normalized spacial score (nSPS) is 15.4. The maximum absolute atomic E-state index is 12.1. The maximum Gasteiger partial charge on any atom is 0.232 e. The molecular weight excluding hydrogens is 378 g/mol. The first-order valence-corrected chi connectivity index (χ1v) is 9.22. The van der Waals surface area contributed by atoms with Gasteiger partial charge in [-0.1, -0.05) is 41.7 Å². The van der Waals surface area contributed by atoms with Crippen LogP contribution in [0, 0.1) is 0 Å². The smallest absolute Gasteiger partial charge is 0.232 e. The zero-order valence-corrected chi connectivity index (χ0v) is 15.8. The van der Waals surface area contributed by atoms with Crippen molar-refractivity contribution in [1.82, 2.24) is 9.55 Å². The van der Waals surface area contributed by atoms with Gasteiger partial charge in [-0.3, -0.25) is 14.2 Å². The molecule has 0 bridgehead atoms. The van der Waals surface area contributed by atoms with Gasteiger partial charge in [0.1, 0.15) is 10.6 Å². The van der Waals surface area contributed by atoms with Crippen LogP contribution in [-0.2, 0) is 4.79 Å². The largest absolute Gasteiger partial charge is 0.494 e. The number of nitrogens with zero attached hydrogens (tertiary/aromatic N) is 3. The number of carbonyl (C=O) groups excluding carboxylic acids is 2. The minimum absolute atomic E-state index is 0.179. The number of benzene rings is 1. The summed E-state index contributed by atoms with van der Waals surface area (Å²) >= 11 is 1.03. The molecule has 1 aromatic carbocycles.